The Balaban J connectivity index is 1.88. The average molecular weight is 425 g/mol. The standard InChI is InChI=1S/C24H32N4O3/c1-5-15-28(16-6-2)24(31)19-7-9-21(10-8-19)26-23(30)17-25-20-11-13-22(14-12-20)27(4)18(3)29/h7-14,25H,5-6,15-17H2,1-4H3,(H,26,30). The van der Waals surface area contributed by atoms with E-state index in [9.17, 15) is 14.4 Å². The molecule has 2 rings (SSSR count). The van der Waals surface area contributed by atoms with E-state index in [-0.39, 0.29) is 24.3 Å². The number of rotatable bonds is 10. The van der Waals surface area contributed by atoms with E-state index in [1.165, 1.54) is 6.92 Å². The van der Waals surface area contributed by atoms with E-state index in [1.807, 2.05) is 29.2 Å². The highest BCUT2D eigenvalue weighted by Gasteiger charge is 2.14. The predicted molar refractivity (Wildman–Crippen MR) is 126 cm³/mol. The second kappa shape index (κ2) is 11.7. The molecule has 2 N–H and O–H groups in total. The highest BCUT2D eigenvalue weighted by molar-refractivity contribution is 5.97. The smallest absolute Gasteiger partial charge is 0.253 e. The molecular weight excluding hydrogens is 392 g/mol. The Bertz CT molecular complexity index is 873. The van der Waals surface area contributed by atoms with E-state index in [1.54, 1.807) is 36.2 Å². The zero-order chi connectivity index (χ0) is 22.8. The number of carbonyl (C=O) groups is 3. The van der Waals surface area contributed by atoms with Crippen LogP contribution < -0.4 is 15.5 Å². The summed E-state index contributed by atoms with van der Waals surface area (Å²) in [5, 5.41) is 5.88. The second-order valence-electron chi connectivity index (χ2n) is 7.40. The molecule has 0 saturated carbocycles. The summed E-state index contributed by atoms with van der Waals surface area (Å²) in [6, 6.07) is 14.3. The lowest BCUT2D eigenvalue weighted by molar-refractivity contribution is -0.116. The van der Waals surface area contributed by atoms with Gasteiger partial charge in [-0.1, -0.05) is 13.8 Å². The summed E-state index contributed by atoms with van der Waals surface area (Å²) in [6.07, 6.45) is 1.84. The quantitative estimate of drug-likeness (QED) is 0.604. The fourth-order valence-electron chi connectivity index (χ4n) is 3.11. The third-order valence-corrected chi connectivity index (χ3v) is 4.87. The summed E-state index contributed by atoms with van der Waals surface area (Å²) in [5.41, 5.74) is 2.82. The molecule has 0 aliphatic carbocycles. The fourth-order valence-corrected chi connectivity index (χ4v) is 3.11. The van der Waals surface area contributed by atoms with Crippen molar-refractivity contribution in [2.45, 2.75) is 33.6 Å². The third-order valence-electron chi connectivity index (χ3n) is 4.87. The van der Waals surface area contributed by atoms with E-state index in [0.29, 0.717) is 11.3 Å². The van der Waals surface area contributed by atoms with Crippen molar-refractivity contribution in [3.8, 4) is 0 Å². The molecule has 166 valence electrons. The lowest BCUT2D eigenvalue weighted by Crippen LogP contribution is -2.32. The Morgan fingerprint density at radius 3 is 1.90 bits per heavy atom. The van der Waals surface area contributed by atoms with Crippen LogP contribution in [0.5, 0.6) is 0 Å². The highest BCUT2D eigenvalue weighted by Crippen LogP contribution is 2.17. The topological polar surface area (TPSA) is 81.8 Å². The highest BCUT2D eigenvalue weighted by atomic mass is 16.2. The van der Waals surface area contributed by atoms with Crippen molar-refractivity contribution in [3.63, 3.8) is 0 Å². The van der Waals surface area contributed by atoms with Gasteiger partial charge in [0.2, 0.25) is 11.8 Å². The Kier molecular flexibility index (Phi) is 9.06. The van der Waals surface area contributed by atoms with Gasteiger partial charge >= 0.3 is 0 Å². The summed E-state index contributed by atoms with van der Waals surface area (Å²) in [6.45, 7) is 7.20. The summed E-state index contributed by atoms with van der Waals surface area (Å²) >= 11 is 0. The van der Waals surface area contributed by atoms with Gasteiger partial charge in [0.15, 0.2) is 0 Å². The van der Waals surface area contributed by atoms with E-state index in [0.717, 1.165) is 37.3 Å². The molecule has 0 unspecified atom stereocenters. The lowest BCUT2D eigenvalue weighted by atomic mass is 10.1. The summed E-state index contributed by atoms with van der Waals surface area (Å²) in [5.74, 6) is -0.221. The van der Waals surface area contributed by atoms with Crippen molar-refractivity contribution < 1.29 is 14.4 Å². The van der Waals surface area contributed by atoms with Crippen LogP contribution in [-0.4, -0.2) is 49.3 Å². The van der Waals surface area contributed by atoms with Gasteiger partial charge in [-0.15, -0.1) is 0 Å². The molecule has 7 nitrogen and oxygen atoms in total. The molecule has 2 aromatic carbocycles. The van der Waals surface area contributed by atoms with Crippen molar-refractivity contribution in [2.75, 3.05) is 42.2 Å². The summed E-state index contributed by atoms with van der Waals surface area (Å²) < 4.78 is 0. The number of benzene rings is 2. The molecule has 0 radical (unpaired) electrons. The summed E-state index contributed by atoms with van der Waals surface area (Å²) in [4.78, 5) is 39.7. The first-order chi connectivity index (χ1) is 14.8. The number of nitrogens with one attached hydrogen (secondary N) is 2. The zero-order valence-electron chi connectivity index (χ0n) is 18.8. The van der Waals surface area contributed by atoms with Gasteiger partial charge in [-0.05, 0) is 61.4 Å². The molecule has 0 bridgehead atoms. The lowest BCUT2D eigenvalue weighted by Gasteiger charge is -2.21. The van der Waals surface area contributed by atoms with Crippen LogP contribution in [0.15, 0.2) is 48.5 Å². The number of nitrogens with zero attached hydrogens (tertiary/aromatic N) is 2. The van der Waals surface area contributed by atoms with Crippen LogP contribution in [0.25, 0.3) is 0 Å². The predicted octanol–water partition coefficient (Wildman–Crippen LogP) is 3.98. The van der Waals surface area contributed by atoms with Gasteiger partial charge in [-0.2, -0.15) is 0 Å². The van der Waals surface area contributed by atoms with Crippen molar-refractivity contribution >= 4 is 34.8 Å². The molecule has 2 aromatic rings. The first-order valence-corrected chi connectivity index (χ1v) is 10.6. The van der Waals surface area contributed by atoms with E-state index in [2.05, 4.69) is 24.5 Å². The molecular formula is C24H32N4O3. The molecule has 0 fully saturated rings. The molecule has 0 atom stereocenters. The van der Waals surface area contributed by atoms with Gasteiger partial charge in [0.05, 0.1) is 6.54 Å². The molecule has 0 saturated heterocycles. The van der Waals surface area contributed by atoms with Gasteiger partial charge < -0.3 is 20.4 Å². The van der Waals surface area contributed by atoms with E-state index >= 15 is 0 Å². The van der Waals surface area contributed by atoms with Crippen LogP contribution >= 0.6 is 0 Å². The Morgan fingerprint density at radius 2 is 1.39 bits per heavy atom. The molecule has 7 heteroatoms. The van der Waals surface area contributed by atoms with Gasteiger partial charge in [-0.3, -0.25) is 14.4 Å². The molecule has 0 aliphatic heterocycles. The maximum atomic E-state index is 12.6. The van der Waals surface area contributed by atoms with Crippen molar-refractivity contribution in [2.24, 2.45) is 0 Å². The van der Waals surface area contributed by atoms with Gasteiger partial charge in [0.1, 0.15) is 0 Å². The number of anilines is 3. The van der Waals surface area contributed by atoms with Crippen molar-refractivity contribution in [1.82, 2.24) is 4.90 Å². The van der Waals surface area contributed by atoms with Crippen LogP contribution in [0.3, 0.4) is 0 Å². The number of carbonyl (C=O) groups excluding carboxylic acids is 3. The maximum Gasteiger partial charge on any atom is 0.253 e. The van der Waals surface area contributed by atoms with E-state index in [4.69, 9.17) is 0 Å². The van der Waals surface area contributed by atoms with Crippen LogP contribution in [0.1, 0.15) is 44.0 Å². The normalized spacial score (nSPS) is 10.3. The van der Waals surface area contributed by atoms with Crippen molar-refractivity contribution in [1.29, 1.82) is 0 Å². The minimum absolute atomic E-state index is 0.0158. The van der Waals surface area contributed by atoms with E-state index < -0.39 is 0 Å². The largest absolute Gasteiger partial charge is 0.376 e. The SMILES string of the molecule is CCCN(CCC)C(=O)c1ccc(NC(=O)CNc2ccc(N(C)C(C)=O)cc2)cc1. The molecule has 0 spiro atoms. The molecule has 31 heavy (non-hydrogen) atoms. The van der Waals surface area contributed by atoms with Crippen LogP contribution in [0.4, 0.5) is 17.1 Å². The molecule has 3 amide bonds. The van der Waals surface area contributed by atoms with Gasteiger partial charge in [0.25, 0.3) is 5.91 Å². The molecule has 0 aliphatic rings. The second-order valence-corrected chi connectivity index (χ2v) is 7.40. The molecule has 0 aromatic heterocycles. The number of hydrogen-bond donors (Lipinski definition) is 2. The van der Waals surface area contributed by atoms with Crippen LogP contribution in [0, 0.1) is 0 Å². The minimum Gasteiger partial charge on any atom is -0.376 e. The van der Waals surface area contributed by atoms with Crippen LogP contribution in [0.2, 0.25) is 0 Å². The minimum atomic E-state index is -0.192. The first kappa shape index (κ1) is 23.9. The Labute approximate surface area is 184 Å². The zero-order valence-corrected chi connectivity index (χ0v) is 18.8. The third kappa shape index (κ3) is 7.13. The van der Waals surface area contributed by atoms with Crippen LogP contribution in [-0.2, 0) is 9.59 Å². The fraction of sp³-hybridized carbons (Fsp3) is 0.375. The van der Waals surface area contributed by atoms with Crippen molar-refractivity contribution in [3.05, 3.63) is 54.1 Å². The van der Waals surface area contributed by atoms with Gasteiger partial charge in [-0.25, -0.2) is 0 Å². The summed E-state index contributed by atoms with van der Waals surface area (Å²) in [7, 11) is 1.71. The monoisotopic (exact) mass is 424 g/mol. The maximum absolute atomic E-state index is 12.6. The number of amides is 3. The number of hydrogen-bond acceptors (Lipinski definition) is 4. The first-order valence-electron chi connectivity index (χ1n) is 10.6. The van der Waals surface area contributed by atoms with Gasteiger partial charge in [0, 0.05) is 49.7 Å². The Hall–Kier alpha value is -3.35. The molecule has 0 heterocycles. The average Bonchev–Trinajstić information content (AvgIpc) is 2.77. The Morgan fingerprint density at radius 1 is 0.839 bits per heavy atom.